The highest BCUT2D eigenvalue weighted by atomic mass is 16.5. The van der Waals surface area contributed by atoms with Crippen molar-refractivity contribution < 1.29 is 19.0 Å². The molecule has 0 aliphatic carbocycles. The summed E-state index contributed by atoms with van der Waals surface area (Å²) in [6, 6.07) is 11.0. The van der Waals surface area contributed by atoms with Gasteiger partial charge in [0, 0.05) is 11.1 Å². The van der Waals surface area contributed by atoms with Crippen LogP contribution in [0.2, 0.25) is 0 Å². The van der Waals surface area contributed by atoms with Gasteiger partial charge in [0.2, 0.25) is 5.75 Å². The number of ketones is 1. The third kappa shape index (κ3) is 3.47. The number of hydrogen-bond donors (Lipinski definition) is 0. The first-order valence-electron chi connectivity index (χ1n) is 7.46. The lowest BCUT2D eigenvalue weighted by Gasteiger charge is -2.14. The zero-order chi connectivity index (χ0) is 17.0. The van der Waals surface area contributed by atoms with E-state index in [0.29, 0.717) is 34.3 Å². The summed E-state index contributed by atoms with van der Waals surface area (Å²) in [5, 5.41) is 0. The SMILES string of the molecule is COc1cc(C(=O)c2ccc(C(C)C)cc2)cc(OC)c1OC. The van der Waals surface area contributed by atoms with Gasteiger partial charge in [0.15, 0.2) is 17.3 Å². The maximum Gasteiger partial charge on any atom is 0.203 e. The average molecular weight is 314 g/mol. The molecule has 0 fully saturated rings. The fourth-order valence-electron chi connectivity index (χ4n) is 2.40. The summed E-state index contributed by atoms with van der Waals surface area (Å²) >= 11 is 0. The van der Waals surface area contributed by atoms with Crippen LogP contribution < -0.4 is 14.2 Å². The smallest absolute Gasteiger partial charge is 0.203 e. The van der Waals surface area contributed by atoms with Crippen molar-refractivity contribution in [2.75, 3.05) is 21.3 Å². The molecule has 0 amide bonds. The number of hydrogen-bond acceptors (Lipinski definition) is 4. The molecule has 2 aromatic rings. The second kappa shape index (κ2) is 7.18. The summed E-state index contributed by atoms with van der Waals surface area (Å²) in [6.45, 7) is 4.24. The monoisotopic (exact) mass is 314 g/mol. The molecule has 2 aromatic carbocycles. The molecule has 0 spiro atoms. The Morgan fingerprint density at radius 2 is 1.35 bits per heavy atom. The van der Waals surface area contributed by atoms with E-state index in [9.17, 15) is 4.79 Å². The van der Waals surface area contributed by atoms with Crippen molar-refractivity contribution in [3.05, 3.63) is 53.1 Å². The first kappa shape index (κ1) is 16.9. The maximum absolute atomic E-state index is 12.7. The fourth-order valence-corrected chi connectivity index (χ4v) is 2.40. The van der Waals surface area contributed by atoms with E-state index in [1.54, 1.807) is 12.1 Å². The van der Waals surface area contributed by atoms with Gasteiger partial charge in [-0.1, -0.05) is 38.1 Å². The second-order valence-electron chi connectivity index (χ2n) is 5.52. The average Bonchev–Trinajstić information content (AvgIpc) is 2.59. The van der Waals surface area contributed by atoms with E-state index in [1.807, 2.05) is 24.3 Å². The largest absolute Gasteiger partial charge is 0.493 e. The molecule has 0 radical (unpaired) electrons. The quantitative estimate of drug-likeness (QED) is 0.754. The molecule has 0 aliphatic rings. The van der Waals surface area contributed by atoms with E-state index in [-0.39, 0.29) is 5.78 Å². The topological polar surface area (TPSA) is 44.8 Å². The van der Waals surface area contributed by atoms with Crippen LogP contribution in [0.5, 0.6) is 17.2 Å². The Morgan fingerprint density at radius 1 is 0.826 bits per heavy atom. The maximum atomic E-state index is 12.7. The van der Waals surface area contributed by atoms with Crippen LogP contribution in [0.3, 0.4) is 0 Å². The van der Waals surface area contributed by atoms with E-state index in [1.165, 1.54) is 26.9 Å². The van der Waals surface area contributed by atoms with Gasteiger partial charge in [-0.2, -0.15) is 0 Å². The van der Waals surface area contributed by atoms with Crippen LogP contribution >= 0.6 is 0 Å². The van der Waals surface area contributed by atoms with Gasteiger partial charge in [-0.05, 0) is 23.6 Å². The Hall–Kier alpha value is -2.49. The molecule has 0 heterocycles. The zero-order valence-corrected chi connectivity index (χ0v) is 14.2. The Labute approximate surface area is 137 Å². The second-order valence-corrected chi connectivity index (χ2v) is 5.52. The van der Waals surface area contributed by atoms with Crippen molar-refractivity contribution in [1.29, 1.82) is 0 Å². The first-order chi connectivity index (χ1) is 11.0. The fraction of sp³-hybridized carbons (Fsp3) is 0.316. The minimum Gasteiger partial charge on any atom is -0.493 e. The number of rotatable bonds is 6. The third-order valence-corrected chi connectivity index (χ3v) is 3.77. The van der Waals surface area contributed by atoms with Gasteiger partial charge in [-0.25, -0.2) is 0 Å². The van der Waals surface area contributed by atoms with Crippen molar-refractivity contribution >= 4 is 5.78 Å². The molecular weight excluding hydrogens is 292 g/mol. The van der Waals surface area contributed by atoms with Gasteiger partial charge in [0.25, 0.3) is 0 Å². The van der Waals surface area contributed by atoms with E-state index < -0.39 is 0 Å². The number of carbonyl (C=O) groups excluding carboxylic acids is 1. The number of benzene rings is 2. The first-order valence-corrected chi connectivity index (χ1v) is 7.46. The van der Waals surface area contributed by atoms with Crippen molar-refractivity contribution in [2.45, 2.75) is 19.8 Å². The van der Waals surface area contributed by atoms with E-state index in [2.05, 4.69) is 13.8 Å². The highest BCUT2D eigenvalue weighted by Gasteiger charge is 2.18. The molecule has 4 heteroatoms. The van der Waals surface area contributed by atoms with Gasteiger partial charge >= 0.3 is 0 Å². The summed E-state index contributed by atoms with van der Waals surface area (Å²) in [5.74, 6) is 1.75. The standard InChI is InChI=1S/C19H22O4/c1-12(2)13-6-8-14(9-7-13)18(20)15-10-16(21-3)19(23-5)17(11-15)22-4/h6-12H,1-5H3. The predicted molar refractivity (Wildman–Crippen MR) is 90.1 cm³/mol. The van der Waals surface area contributed by atoms with E-state index >= 15 is 0 Å². The minimum atomic E-state index is -0.0837. The molecule has 23 heavy (non-hydrogen) atoms. The molecule has 0 atom stereocenters. The number of ether oxygens (including phenoxy) is 3. The molecule has 0 aromatic heterocycles. The molecule has 0 unspecified atom stereocenters. The van der Waals surface area contributed by atoms with Crippen LogP contribution in [-0.2, 0) is 0 Å². The lowest BCUT2D eigenvalue weighted by molar-refractivity contribution is 0.103. The highest BCUT2D eigenvalue weighted by Crippen LogP contribution is 2.38. The summed E-state index contributed by atoms with van der Waals surface area (Å²) in [7, 11) is 4.60. The highest BCUT2D eigenvalue weighted by molar-refractivity contribution is 6.09. The summed E-state index contributed by atoms with van der Waals surface area (Å²) in [6.07, 6.45) is 0. The van der Waals surface area contributed by atoms with Gasteiger partial charge in [0.1, 0.15) is 0 Å². The summed E-state index contributed by atoms with van der Waals surface area (Å²) < 4.78 is 15.9. The van der Waals surface area contributed by atoms with Crippen LogP contribution in [0.4, 0.5) is 0 Å². The van der Waals surface area contributed by atoms with Crippen molar-refractivity contribution in [2.24, 2.45) is 0 Å². The van der Waals surface area contributed by atoms with Crippen molar-refractivity contribution in [3.63, 3.8) is 0 Å². The Balaban J connectivity index is 2.42. The number of methoxy groups -OCH3 is 3. The van der Waals surface area contributed by atoms with Gasteiger partial charge in [-0.3, -0.25) is 4.79 Å². The Morgan fingerprint density at radius 3 is 1.74 bits per heavy atom. The van der Waals surface area contributed by atoms with Crippen LogP contribution in [0.1, 0.15) is 41.3 Å². The number of carbonyl (C=O) groups is 1. The van der Waals surface area contributed by atoms with Gasteiger partial charge < -0.3 is 14.2 Å². The van der Waals surface area contributed by atoms with Gasteiger partial charge in [0.05, 0.1) is 21.3 Å². The molecule has 4 nitrogen and oxygen atoms in total. The Kier molecular flexibility index (Phi) is 5.27. The van der Waals surface area contributed by atoms with Gasteiger partial charge in [-0.15, -0.1) is 0 Å². The van der Waals surface area contributed by atoms with Crippen molar-refractivity contribution in [3.8, 4) is 17.2 Å². The minimum absolute atomic E-state index is 0.0837. The van der Waals surface area contributed by atoms with Crippen LogP contribution in [-0.4, -0.2) is 27.1 Å². The lowest BCUT2D eigenvalue weighted by atomic mass is 9.98. The van der Waals surface area contributed by atoms with Crippen LogP contribution in [0.15, 0.2) is 36.4 Å². The molecule has 0 saturated heterocycles. The zero-order valence-electron chi connectivity index (χ0n) is 14.2. The molecular formula is C19H22O4. The molecule has 0 aliphatic heterocycles. The van der Waals surface area contributed by atoms with Crippen LogP contribution in [0, 0.1) is 0 Å². The van der Waals surface area contributed by atoms with E-state index in [0.717, 1.165) is 0 Å². The van der Waals surface area contributed by atoms with Crippen molar-refractivity contribution in [1.82, 2.24) is 0 Å². The van der Waals surface area contributed by atoms with Crippen LogP contribution in [0.25, 0.3) is 0 Å². The third-order valence-electron chi connectivity index (χ3n) is 3.77. The summed E-state index contributed by atoms with van der Waals surface area (Å²) in [5.41, 5.74) is 2.33. The molecule has 2 rings (SSSR count). The molecule has 0 N–H and O–H groups in total. The lowest BCUT2D eigenvalue weighted by Crippen LogP contribution is -2.04. The normalized spacial score (nSPS) is 10.5. The molecule has 0 saturated carbocycles. The summed E-state index contributed by atoms with van der Waals surface area (Å²) in [4.78, 5) is 12.7. The molecule has 0 bridgehead atoms. The Bertz CT molecular complexity index is 662. The predicted octanol–water partition coefficient (Wildman–Crippen LogP) is 4.07. The van der Waals surface area contributed by atoms with E-state index in [4.69, 9.17) is 14.2 Å². The molecule has 122 valence electrons.